The minimum atomic E-state index is -0.358. The Labute approximate surface area is 166 Å². The zero-order valence-electron chi connectivity index (χ0n) is 16.4. The number of aryl methyl sites for hydroxylation is 3. The van der Waals surface area contributed by atoms with Gasteiger partial charge in [0.05, 0.1) is 0 Å². The summed E-state index contributed by atoms with van der Waals surface area (Å²) >= 11 is 0. The van der Waals surface area contributed by atoms with E-state index in [1.807, 2.05) is 19.1 Å². The van der Waals surface area contributed by atoms with Gasteiger partial charge in [0.1, 0.15) is 11.6 Å². The number of benzene rings is 3. The molecule has 0 bridgehead atoms. The van der Waals surface area contributed by atoms with E-state index in [1.54, 1.807) is 12.1 Å². The quantitative estimate of drug-likeness (QED) is 0.365. The summed E-state index contributed by atoms with van der Waals surface area (Å²) in [5, 5.41) is 0. The summed E-state index contributed by atoms with van der Waals surface area (Å²) in [5.41, 5.74) is 5.34. The second-order valence-corrected chi connectivity index (χ2v) is 6.83. The zero-order chi connectivity index (χ0) is 19.9. The summed E-state index contributed by atoms with van der Waals surface area (Å²) in [5.74, 6) is -0.441. The minimum absolute atomic E-state index is 0.252. The molecule has 3 rings (SSSR count). The Kier molecular flexibility index (Phi) is 6.59. The highest BCUT2D eigenvalue weighted by Crippen LogP contribution is 2.22. The molecule has 0 aliphatic carbocycles. The normalized spacial score (nSPS) is 10.7. The molecule has 0 fully saturated rings. The lowest BCUT2D eigenvalue weighted by molar-refractivity contribution is -0.134. The molecule has 0 aliphatic rings. The summed E-state index contributed by atoms with van der Waals surface area (Å²) in [7, 11) is 0. The second kappa shape index (κ2) is 9.32. The first-order chi connectivity index (χ1) is 13.6. The highest BCUT2D eigenvalue weighted by Gasteiger charge is 2.08. The molecule has 0 atom stereocenters. The van der Waals surface area contributed by atoms with E-state index < -0.39 is 0 Å². The van der Waals surface area contributed by atoms with Crippen LogP contribution >= 0.6 is 0 Å². The highest BCUT2D eigenvalue weighted by molar-refractivity contribution is 5.72. The third kappa shape index (κ3) is 5.07. The summed E-state index contributed by atoms with van der Waals surface area (Å²) in [4.78, 5) is 12.1. The van der Waals surface area contributed by atoms with Gasteiger partial charge in [-0.3, -0.25) is 4.79 Å². The van der Waals surface area contributed by atoms with Crippen molar-refractivity contribution in [3.63, 3.8) is 0 Å². The largest absolute Gasteiger partial charge is 0.426 e. The number of carbonyl (C=O) groups is 1. The van der Waals surface area contributed by atoms with Crippen molar-refractivity contribution in [2.45, 2.75) is 39.5 Å². The van der Waals surface area contributed by atoms with Crippen LogP contribution in [0.25, 0.3) is 11.1 Å². The number of carbonyl (C=O) groups excluding carboxylic acids is 1. The van der Waals surface area contributed by atoms with E-state index in [1.165, 1.54) is 17.2 Å². The predicted octanol–water partition coefficient (Wildman–Crippen LogP) is 6.16. The molecule has 0 aromatic heterocycles. The van der Waals surface area contributed by atoms with Crippen molar-refractivity contribution >= 4 is 5.97 Å². The number of esters is 1. The van der Waals surface area contributed by atoms with Crippen LogP contribution in [0.3, 0.4) is 0 Å². The molecule has 3 heteroatoms. The predicted molar refractivity (Wildman–Crippen MR) is 111 cm³/mol. The molecule has 0 saturated heterocycles. The first kappa shape index (κ1) is 19.8. The maximum Gasteiger partial charge on any atom is 0.311 e. The van der Waals surface area contributed by atoms with Crippen LogP contribution in [-0.2, 0) is 24.1 Å². The molecule has 0 spiro atoms. The van der Waals surface area contributed by atoms with E-state index in [4.69, 9.17) is 4.74 Å². The number of hydrogen-bond donors (Lipinski definition) is 0. The van der Waals surface area contributed by atoms with Crippen LogP contribution < -0.4 is 4.74 Å². The van der Waals surface area contributed by atoms with Crippen molar-refractivity contribution in [3.8, 4) is 16.9 Å². The maximum absolute atomic E-state index is 13.8. The van der Waals surface area contributed by atoms with Crippen LogP contribution in [0.5, 0.6) is 5.75 Å². The van der Waals surface area contributed by atoms with Crippen molar-refractivity contribution in [1.29, 1.82) is 0 Å². The van der Waals surface area contributed by atoms with Gasteiger partial charge in [-0.1, -0.05) is 68.4 Å². The van der Waals surface area contributed by atoms with E-state index in [9.17, 15) is 9.18 Å². The number of rotatable bonds is 7. The molecule has 0 aliphatic heterocycles. The van der Waals surface area contributed by atoms with Crippen molar-refractivity contribution < 1.29 is 13.9 Å². The fourth-order valence-electron chi connectivity index (χ4n) is 3.10. The number of ether oxygens (including phenoxy) is 1. The van der Waals surface area contributed by atoms with Gasteiger partial charge < -0.3 is 4.74 Å². The van der Waals surface area contributed by atoms with E-state index in [0.717, 1.165) is 17.5 Å². The van der Waals surface area contributed by atoms with Gasteiger partial charge in [-0.25, -0.2) is 4.39 Å². The fraction of sp³-hybridized carbons (Fsp3) is 0.240. The molecule has 28 heavy (non-hydrogen) atoms. The van der Waals surface area contributed by atoms with Gasteiger partial charge in [-0.15, -0.1) is 0 Å². The SMILES string of the molecule is CCc1ccc(-c2ccc(CCC(=O)Oc3ccc(CC)c(F)c3)cc2)cc1. The Bertz CT molecular complexity index is 928. The monoisotopic (exact) mass is 376 g/mol. The lowest BCUT2D eigenvalue weighted by Crippen LogP contribution is -2.09. The molecule has 0 radical (unpaired) electrons. The van der Waals surface area contributed by atoms with Gasteiger partial charge in [0.25, 0.3) is 0 Å². The molecule has 3 aromatic carbocycles. The molecule has 0 heterocycles. The van der Waals surface area contributed by atoms with E-state index >= 15 is 0 Å². The Morgan fingerprint density at radius 2 is 1.43 bits per heavy atom. The first-order valence-corrected chi connectivity index (χ1v) is 9.76. The molecular formula is C25H25FO2. The van der Waals surface area contributed by atoms with Crippen LogP contribution in [0.15, 0.2) is 66.7 Å². The fourth-order valence-corrected chi connectivity index (χ4v) is 3.10. The summed E-state index contributed by atoms with van der Waals surface area (Å²) < 4.78 is 19.0. The van der Waals surface area contributed by atoms with Gasteiger partial charge in [-0.2, -0.15) is 0 Å². The average molecular weight is 376 g/mol. The van der Waals surface area contributed by atoms with Gasteiger partial charge in [0.2, 0.25) is 0 Å². The van der Waals surface area contributed by atoms with Crippen molar-refractivity contribution in [3.05, 3.63) is 89.2 Å². The summed E-state index contributed by atoms with van der Waals surface area (Å²) in [6.07, 6.45) is 2.48. The molecular weight excluding hydrogens is 351 g/mol. The lowest BCUT2D eigenvalue weighted by atomic mass is 10.0. The highest BCUT2D eigenvalue weighted by atomic mass is 19.1. The number of hydrogen-bond acceptors (Lipinski definition) is 2. The Hall–Kier alpha value is -2.94. The molecule has 3 aromatic rings. The van der Waals surface area contributed by atoms with E-state index in [2.05, 4.69) is 43.3 Å². The van der Waals surface area contributed by atoms with Crippen LogP contribution in [0.2, 0.25) is 0 Å². The van der Waals surface area contributed by atoms with Gasteiger partial charge in [0.15, 0.2) is 0 Å². The minimum Gasteiger partial charge on any atom is -0.426 e. The standard InChI is InChI=1S/C25H25FO2/c1-3-18-5-10-21(11-6-18)22-12-7-19(8-13-22)9-16-25(27)28-23-15-14-20(4-2)24(26)17-23/h5-8,10-15,17H,3-4,9,16H2,1-2H3. The molecule has 0 amide bonds. The van der Waals surface area contributed by atoms with Crippen LogP contribution in [0, 0.1) is 5.82 Å². The summed E-state index contributed by atoms with van der Waals surface area (Å²) in [6, 6.07) is 21.3. The number of halogens is 1. The molecule has 144 valence electrons. The Balaban J connectivity index is 1.55. The van der Waals surface area contributed by atoms with Crippen molar-refractivity contribution in [2.24, 2.45) is 0 Å². The van der Waals surface area contributed by atoms with Crippen molar-refractivity contribution in [2.75, 3.05) is 0 Å². The van der Waals surface area contributed by atoms with E-state index in [0.29, 0.717) is 18.4 Å². The van der Waals surface area contributed by atoms with Gasteiger partial charge in [-0.05, 0) is 53.1 Å². The molecule has 0 N–H and O–H groups in total. The Morgan fingerprint density at radius 3 is 1.96 bits per heavy atom. The topological polar surface area (TPSA) is 26.3 Å². The van der Waals surface area contributed by atoms with Gasteiger partial charge >= 0.3 is 5.97 Å². The maximum atomic E-state index is 13.8. The Morgan fingerprint density at radius 1 is 0.821 bits per heavy atom. The first-order valence-electron chi connectivity index (χ1n) is 9.76. The van der Waals surface area contributed by atoms with Gasteiger partial charge in [0, 0.05) is 12.5 Å². The third-order valence-corrected chi connectivity index (χ3v) is 4.90. The third-order valence-electron chi connectivity index (χ3n) is 4.90. The second-order valence-electron chi connectivity index (χ2n) is 6.83. The average Bonchev–Trinajstić information content (AvgIpc) is 2.73. The van der Waals surface area contributed by atoms with Crippen LogP contribution in [-0.4, -0.2) is 5.97 Å². The smallest absolute Gasteiger partial charge is 0.311 e. The molecule has 0 saturated carbocycles. The zero-order valence-corrected chi connectivity index (χ0v) is 16.4. The van der Waals surface area contributed by atoms with Crippen molar-refractivity contribution in [1.82, 2.24) is 0 Å². The van der Waals surface area contributed by atoms with E-state index in [-0.39, 0.29) is 24.0 Å². The van der Waals surface area contributed by atoms with Crippen LogP contribution in [0.1, 0.15) is 37.0 Å². The molecule has 0 unspecified atom stereocenters. The molecule has 2 nitrogen and oxygen atoms in total. The van der Waals surface area contributed by atoms with Crippen LogP contribution in [0.4, 0.5) is 4.39 Å². The summed E-state index contributed by atoms with van der Waals surface area (Å²) in [6.45, 7) is 4.03. The lowest BCUT2D eigenvalue weighted by Gasteiger charge is -2.07.